The number of nitrogens with zero attached hydrogens (tertiary/aromatic N) is 2. The first-order chi connectivity index (χ1) is 6.13. The van der Waals surface area contributed by atoms with Crippen LogP contribution in [0.15, 0.2) is 12.3 Å². The monoisotopic (exact) mass is 182 g/mol. The topological polar surface area (TPSA) is 38.0 Å². The summed E-state index contributed by atoms with van der Waals surface area (Å²) >= 11 is 0. The van der Waals surface area contributed by atoms with Crippen LogP contribution in [0.5, 0.6) is 0 Å². The van der Waals surface area contributed by atoms with Gasteiger partial charge in [0, 0.05) is 18.8 Å². The molecule has 1 aromatic heterocycles. The average Bonchev–Trinajstić information content (AvgIpc) is 2.52. The second-order valence-electron chi connectivity index (χ2n) is 3.87. The van der Waals surface area contributed by atoms with Gasteiger partial charge in [0.05, 0.1) is 5.69 Å². The van der Waals surface area contributed by atoms with Gasteiger partial charge in [0.1, 0.15) is 0 Å². The predicted molar refractivity (Wildman–Crippen MR) is 52.6 cm³/mol. The fourth-order valence-electron chi connectivity index (χ4n) is 1.20. The van der Waals surface area contributed by atoms with Gasteiger partial charge in [-0.3, -0.25) is 4.68 Å². The van der Waals surface area contributed by atoms with Crippen LogP contribution in [-0.4, -0.2) is 21.5 Å². The van der Waals surface area contributed by atoms with Gasteiger partial charge >= 0.3 is 0 Å². The lowest BCUT2D eigenvalue weighted by molar-refractivity contribution is 0.236. The Labute approximate surface area is 79.4 Å². The Morgan fingerprint density at radius 1 is 1.46 bits per heavy atom. The fourth-order valence-corrected chi connectivity index (χ4v) is 1.20. The van der Waals surface area contributed by atoms with Gasteiger partial charge in [-0.15, -0.1) is 0 Å². The van der Waals surface area contributed by atoms with Crippen LogP contribution in [0.25, 0.3) is 0 Å². The van der Waals surface area contributed by atoms with Gasteiger partial charge in [0.25, 0.3) is 0 Å². The molecular weight excluding hydrogens is 164 g/mol. The second kappa shape index (κ2) is 4.42. The minimum atomic E-state index is 0.231. The molecule has 74 valence electrons. The summed E-state index contributed by atoms with van der Waals surface area (Å²) in [6, 6.07) is 2.43. The number of rotatable bonds is 4. The molecule has 3 nitrogen and oxygen atoms in total. The van der Waals surface area contributed by atoms with Crippen molar-refractivity contribution in [3.8, 4) is 0 Å². The van der Waals surface area contributed by atoms with Crippen LogP contribution in [0.3, 0.4) is 0 Å². The molecule has 3 heteroatoms. The number of aromatic nitrogens is 2. The Balaban J connectivity index is 2.58. The molecule has 0 amide bonds. The zero-order chi connectivity index (χ0) is 9.84. The third-order valence-electron chi connectivity index (χ3n) is 2.06. The maximum Gasteiger partial charge on any atom is 0.0628 e. The normalized spacial score (nSPS) is 13.6. The molecule has 0 saturated carbocycles. The van der Waals surface area contributed by atoms with E-state index in [-0.39, 0.29) is 6.61 Å². The highest BCUT2D eigenvalue weighted by Crippen LogP contribution is 2.08. The lowest BCUT2D eigenvalue weighted by Gasteiger charge is -2.06. The predicted octanol–water partition coefficient (Wildman–Crippen LogP) is 1.63. The van der Waals surface area contributed by atoms with Gasteiger partial charge in [-0.25, -0.2) is 0 Å². The molecular formula is C10H18N2O. The van der Waals surface area contributed by atoms with Crippen molar-refractivity contribution in [2.45, 2.75) is 33.2 Å². The van der Waals surface area contributed by atoms with Crippen molar-refractivity contribution in [3.63, 3.8) is 0 Å². The van der Waals surface area contributed by atoms with E-state index in [1.165, 1.54) is 0 Å². The number of hydrogen-bond donors (Lipinski definition) is 1. The van der Waals surface area contributed by atoms with Crippen LogP contribution in [-0.2, 0) is 6.42 Å². The van der Waals surface area contributed by atoms with Gasteiger partial charge in [0.2, 0.25) is 0 Å². The quantitative estimate of drug-likeness (QED) is 0.768. The zero-order valence-corrected chi connectivity index (χ0v) is 8.57. The van der Waals surface area contributed by atoms with E-state index in [4.69, 9.17) is 5.11 Å². The summed E-state index contributed by atoms with van der Waals surface area (Å²) < 4.78 is 1.94. The van der Waals surface area contributed by atoms with Gasteiger partial charge in [-0.1, -0.05) is 6.92 Å². The molecule has 1 aromatic rings. The lowest BCUT2D eigenvalue weighted by atomic mass is 10.1. The van der Waals surface area contributed by atoms with Crippen LogP contribution in [0.2, 0.25) is 0 Å². The summed E-state index contributed by atoms with van der Waals surface area (Å²) in [6.07, 6.45) is 2.85. The van der Waals surface area contributed by atoms with E-state index in [0.29, 0.717) is 12.0 Å². The summed E-state index contributed by atoms with van der Waals surface area (Å²) in [6.45, 7) is 6.46. The van der Waals surface area contributed by atoms with Crippen molar-refractivity contribution in [2.75, 3.05) is 6.61 Å². The molecule has 0 aliphatic heterocycles. The summed E-state index contributed by atoms with van der Waals surface area (Å²) in [7, 11) is 0. The molecule has 1 N–H and O–H groups in total. The highest BCUT2D eigenvalue weighted by atomic mass is 16.3. The van der Waals surface area contributed by atoms with Crippen molar-refractivity contribution in [2.24, 2.45) is 5.92 Å². The first-order valence-electron chi connectivity index (χ1n) is 4.78. The molecule has 1 unspecified atom stereocenters. The van der Waals surface area contributed by atoms with E-state index < -0.39 is 0 Å². The van der Waals surface area contributed by atoms with Crippen LogP contribution >= 0.6 is 0 Å². The summed E-state index contributed by atoms with van der Waals surface area (Å²) in [5, 5.41) is 13.3. The van der Waals surface area contributed by atoms with Crippen molar-refractivity contribution in [1.82, 2.24) is 9.78 Å². The fraction of sp³-hybridized carbons (Fsp3) is 0.700. The van der Waals surface area contributed by atoms with E-state index in [1.807, 2.05) is 23.9 Å². The molecule has 0 bridgehead atoms. The minimum absolute atomic E-state index is 0.231. The van der Waals surface area contributed by atoms with Crippen molar-refractivity contribution < 1.29 is 5.11 Å². The Bertz CT molecular complexity index is 255. The molecule has 0 radical (unpaired) electrons. The van der Waals surface area contributed by atoms with E-state index in [0.717, 1.165) is 12.1 Å². The SMILES string of the molecule is CC(CO)Cc1ccn(C(C)C)n1. The van der Waals surface area contributed by atoms with E-state index in [9.17, 15) is 0 Å². The van der Waals surface area contributed by atoms with Crippen molar-refractivity contribution in [1.29, 1.82) is 0 Å². The Morgan fingerprint density at radius 3 is 2.62 bits per heavy atom. The summed E-state index contributed by atoms with van der Waals surface area (Å²) in [5.74, 6) is 0.301. The van der Waals surface area contributed by atoms with E-state index >= 15 is 0 Å². The molecule has 0 spiro atoms. The Morgan fingerprint density at radius 2 is 2.15 bits per heavy atom. The molecule has 1 heterocycles. The number of aliphatic hydroxyl groups is 1. The standard InChI is InChI=1S/C10H18N2O/c1-8(2)12-5-4-10(11-12)6-9(3)7-13/h4-5,8-9,13H,6-7H2,1-3H3. The third-order valence-corrected chi connectivity index (χ3v) is 2.06. The lowest BCUT2D eigenvalue weighted by Crippen LogP contribution is -2.07. The molecule has 0 aromatic carbocycles. The van der Waals surface area contributed by atoms with Crippen LogP contribution in [0.1, 0.15) is 32.5 Å². The van der Waals surface area contributed by atoms with Gasteiger partial charge < -0.3 is 5.11 Å². The Kier molecular flexibility index (Phi) is 3.48. The molecule has 0 saturated heterocycles. The summed E-state index contributed by atoms with van der Waals surface area (Å²) in [4.78, 5) is 0. The molecule has 1 rings (SSSR count). The largest absolute Gasteiger partial charge is 0.396 e. The van der Waals surface area contributed by atoms with Crippen molar-refractivity contribution >= 4 is 0 Å². The van der Waals surface area contributed by atoms with Crippen LogP contribution in [0, 0.1) is 5.92 Å². The average molecular weight is 182 g/mol. The molecule has 0 aliphatic rings. The number of hydrogen-bond acceptors (Lipinski definition) is 2. The maximum atomic E-state index is 8.88. The van der Waals surface area contributed by atoms with Crippen LogP contribution < -0.4 is 0 Å². The van der Waals surface area contributed by atoms with E-state index in [2.05, 4.69) is 18.9 Å². The highest BCUT2D eigenvalue weighted by molar-refractivity contribution is 5.00. The molecule has 0 fully saturated rings. The molecule has 1 atom stereocenters. The molecule has 0 aliphatic carbocycles. The number of aliphatic hydroxyl groups excluding tert-OH is 1. The smallest absolute Gasteiger partial charge is 0.0628 e. The van der Waals surface area contributed by atoms with Gasteiger partial charge in [-0.2, -0.15) is 5.10 Å². The third kappa shape index (κ3) is 2.84. The van der Waals surface area contributed by atoms with E-state index in [1.54, 1.807) is 0 Å². The zero-order valence-electron chi connectivity index (χ0n) is 8.57. The second-order valence-corrected chi connectivity index (χ2v) is 3.87. The first kappa shape index (κ1) is 10.3. The highest BCUT2D eigenvalue weighted by Gasteiger charge is 2.06. The van der Waals surface area contributed by atoms with Gasteiger partial charge in [0.15, 0.2) is 0 Å². The first-order valence-corrected chi connectivity index (χ1v) is 4.78. The van der Waals surface area contributed by atoms with Crippen molar-refractivity contribution in [3.05, 3.63) is 18.0 Å². The van der Waals surface area contributed by atoms with Crippen LogP contribution in [0.4, 0.5) is 0 Å². The Hall–Kier alpha value is -0.830. The minimum Gasteiger partial charge on any atom is -0.396 e. The molecule has 13 heavy (non-hydrogen) atoms. The summed E-state index contributed by atoms with van der Waals surface area (Å²) in [5.41, 5.74) is 1.07. The van der Waals surface area contributed by atoms with Gasteiger partial charge in [-0.05, 0) is 32.3 Å². The maximum absolute atomic E-state index is 8.88.